The van der Waals surface area contributed by atoms with E-state index in [1.54, 1.807) is 4.90 Å². The molecule has 2 heterocycles. The SMILES string of the molecule is CC(C)(C)OC(=O)N1CCC(c2nc(C3CC3)ncc2C(=O)O)CC1. The molecule has 1 aromatic rings. The van der Waals surface area contributed by atoms with Gasteiger partial charge in [-0.3, -0.25) is 0 Å². The van der Waals surface area contributed by atoms with Gasteiger partial charge < -0.3 is 14.7 Å². The lowest BCUT2D eigenvalue weighted by Gasteiger charge is -2.33. The molecular formula is C18H25N3O4. The molecule has 0 radical (unpaired) electrons. The van der Waals surface area contributed by atoms with E-state index in [0.29, 0.717) is 37.5 Å². The maximum absolute atomic E-state index is 12.2. The lowest BCUT2D eigenvalue weighted by atomic mass is 9.91. The van der Waals surface area contributed by atoms with Crippen LogP contribution in [0.3, 0.4) is 0 Å². The Kier molecular flexibility index (Phi) is 4.67. The summed E-state index contributed by atoms with van der Waals surface area (Å²) in [6.07, 6.45) is 4.64. The first-order valence-electron chi connectivity index (χ1n) is 8.82. The van der Waals surface area contributed by atoms with Crippen LogP contribution in [0.2, 0.25) is 0 Å². The van der Waals surface area contributed by atoms with Crippen molar-refractivity contribution >= 4 is 12.1 Å². The van der Waals surface area contributed by atoms with E-state index in [2.05, 4.69) is 9.97 Å². The van der Waals surface area contributed by atoms with Crippen molar-refractivity contribution in [2.24, 2.45) is 0 Å². The first-order valence-corrected chi connectivity index (χ1v) is 8.82. The summed E-state index contributed by atoms with van der Waals surface area (Å²) in [6, 6.07) is 0. The number of nitrogens with zero attached hydrogens (tertiary/aromatic N) is 3. The van der Waals surface area contributed by atoms with Crippen molar-refractivity contribution in [3.8, 4) is 0 Å². The third-order valence-electron chi connectivity index (χ3n) is 4.54. The fourth-order valence-electron chi connectivity index (χ4n) is 3.09. The third-order valence-corrected chi connectivity index (χ3v) is 4.54. The van der Waals surface area contributed by atoms with Gasteiger partial charge in [-0.15, -0.1) is 0 Å². The molecule has 1 aliphatic heterocycles. The van der Waals surface area contributed by atoms with Crippen LogP contribution in [0.5, 0.6) is 0 Å². The van der Waals surface area contributed by atoms with E-state index in [1.807, 2.05) is 20.8 Å². The summed E-state index contributed by atoms with van der Waals surface area (Å²) in [7, 11) is 0. The number of hydrogen-bond acceptors (Lipinski definition) is 5. The van der Waals surface area contributed by atoms with Gasteiger partial charge in [0.1, 0.15) is 11.4 Å². The Morgan fingerprint density at radius 1 is 1.16 bits per heavy atom. The molecule has 7 heteroatoms. The van der Waals surface area contributed by atoms with Crippen molar-refractivity contribution in [3.05, 3.63) is 23.3 Å². The summed E-state index contributed by atoms with van der Waals surface area (Å²) >= 11 is 0. The molecule has 1 aromatic heterocycles. The smallest absolute Gasteiger partial charge is 0.410 e. The minimum Gasteiger partial charge on any atom is -0.478 e. The number of piperidine rings is 1. The van der Waals surface area contributed by atoms with Gasteiger partial charge in [0.05, 0.1) is 11.3 Å². The molecule has 0 unspecified atom stereocenters. The largest absolute Gasteiger partial charge is 0.478 e. The molecule has 1 amide bonds. The molecule has 1 aliphatic carbocycles. The third kappa shape index (κ3) is 4.27. The average Bonchev–Trinajstić information content (AvgIpc) is 3.37. The van der Waals surface area contributed by atoms with Crippen molar-refractivity contribution < 1.29 is 19.4 Å². The second kappa shape index (κ2) is 6.61. The van der Waals surface area contributed by atoms with Crippen LogP contribution < -0.4 is 0 Å². The molecule has 136 valence electrons. The van der Waals surface area contributed by atoms with Crippen molar-refractivity contribution in [3.63, 3.8) is 0 Å². The highest BCUT2D eigenvalue weighted by Crippen LogP contribution is 2.39. The molecule has 1 saturated carbocycles. The maximum Gasteiger partial charge on any atom is 0.410 e. The molecule has 1 N–H and O–H groups in total. The van der Waals surface area contributed by atoms with Crippen LogP contribution in [-0.2, 0) is 4.74 Å². The zero-order valence-electron chi connectivity index (χ0n) is 15.0. The minimum atomic E-state index is -0.994. The van der Waals surface area contributed by atoms with E-state index in [0.717, 1.165) is 18.7 Å². The van der Waals surface area contributed by atoms with E-state index in [1.165, 1.54) is 6.20 Å². The van der Waals surface area contributed by atoms with Gasteiger partial charge in [-0.2, -0.15) is 0 Å². The van der Waals surface area contributed by atoms with Crippen molar-refractivity contribution in [1.29, 1.82) is 0 Å². The van der Waals surface area contributed by atoms with E-state index >= 15 is 0 Å². The number of rotatable bonds is 3. The van der Waals surface area contributed by atoms with Gasteiger partial charge in [-0.05, 0) is 46.5 Å². The first-order chi connectivity index (χ1) is 11.7. The quantitative estimate of drug-likeness (QED) is 0.903. The summed E-state index contributed by atoms with van der Waals surface area (Å²) in [5, 5.41) is 9.44. The number of carbonyl (C=O) groups excluding carboxylic acids is 1. The van der Waals surface area contributed by atoms with E-state index in [-0.39, 0.29) is 17.6 Å². The summed E-state index contributed by atoms with van der Waals surface area (Å²) in [4.78, 5) is 34.2. The molecule has 0 bridgehead atoms. The number of carbonyl (C=O) groups is 2. The van der Waals surface area contributed by atoms with Gasteiger partial charge >= 0.3 is 12.1 Å². The van der Waals surface area contributed by atoms with Crippen molar-refractivity contribution in [1.82, 2.24) is 14.9 Å². The van der Waals surface area contributed by atoms with Gasteiger partial charge in [0.15, 0.2) is 0 Å². The standard InChI is InChI=1S/C18H25N3O4/c1-18(2,3)25-17(24)21-8-6-11(7-9-21)14-13(16(22)23)10-19-15(20-14)12-4-5-12/h10-12H,4-9H2,1-3H3,(H,22,23). The second-order valence-corrected chi connectivity index (χ2v) is 7.85. The number of amides is 1. The molecule has 0 atom stereocenters. The van der Waals surface area contributed by atoms with Gasteiger partial charge in [0, 0.05) is 31.1 Å². The normalized spacial score (nSPS) is 18.9. The molecular weight excluding hydrogens is 322 g/mol. The number of hydrogen-bond donors (Lipinski definition) is 1. The predicted molar refractivity (Wildman–Crippen MR) is 90.7 cm³/mol. The Labute approximate surface area is 147 Å². The number of carboxylic acid groups (broad SMARTS) is 1. The average molecular weight is 347 g/mol. The van der Waals surface area contributed by atoms with Gasteiger partial charge in [-0.1, -0.05) is 0 Å². The van der Waals surface area contributed by atoms with E-state index in [4.69, 9.17) is 4.74 Å². The molecule has 7 nitrogen and oxygen atoms in total. The number of aromatic carboxylic acids is 1. The summed E-state index contributed by atoms with van der Waals surface area (Å²) in [6.45, 7) is 6.62. The summed E-state index contributed by atoms with van der Waals surface area (Å²) in [5.74, 6) is 0.176. The lowest BCUT2D eigenvalue weighted by Crippen LogP contribution is -2.41. The van der Waals surface area contributed by atoms with Crippen LogP contribution in [0.25, 0.3) is 0 Å². The summed E-state index contributed by atoms with van der Waals surface area (Å²) in [5.41, 5.74) is 0.282. The minimum absolute atomic E-state index is 0.0327. The van der Waals surface area contributed by atoms with Crippen molar-refractivity contribution in [2.45, 2.75) is 63.9 Å². The van der Waals surface area contributed by atoms with E-state index < -0.39 is 11.6 Å². The molecule has 25 heavy (non-hydrogen) atoms. The number of likely N-dealkylation sites (tertiary alicyclic amines) is 1. The zero-order valence-corrected chi connectivity index (χ0v) is 15.0. The molecule has 2 fully saturated rings. The molecule has 1 saturated heterocycles. The van der Waals surface area contributed by atoms with E-state index in [9.17, 15) is 14.7 Å². The fourth-order valence-corrected chi connectivity index (χ4v) is 3.09. The highest BCUT2D eigenvalue weighted by Gasteiger charge is 2.32. The monoisotopic (exact) mass is 347 g/mol. The van der Waals surface area contributed by atoms with Crippen molar-refractivity contribution in [2.75, 3.05) is 13.1 Å². The van der Waals surface area contributed by atoms with Gasteiger partial charge in [-0.25, -0.2) is 19.6 Å². The van der Waals surface area contributed by atoms with Gasteiger partial charge in [0.2, 0.25) is 0 Å². The van der Waals surface area contributed by atoms with Crippen LogP contribution in [0.1, 0.15) is 80.2 Å². The molecule has 0 aromatic carbocycles. The fraction of sp³-hybridized carbons (Fsp3) is 0.667. The summed E-state index contributed by atoms with van der Waals surface area (Å²) < 4.78 is 5.41. The van der Waals surface area contributed by atoms with Crippen LogP contribution >= 0.6 is 0 Å². The Balaban J connectivity index is 1.71. The zero-order chi connectivity index (χ0) is 18.2. The van der Waals surface area contributed by atoms with Crippen LogP contribution in [-0.4, -0.2) is 50.7 Å². The molecule has 0 spiro atoms. The Bertz CT molecular complexity index is 671. The Morgan fingerprint density at radius 3 is 2.32 bits per heavy atom. The highest BCUT2D eigenvalue weighted by atomic mass is 16.6. The lowest BCUT2D eigenvalue weighted by molar-refractivity contribution is 0.0203. The maximum atomic E-state index is 12.2. The van der Waals surface area contributed by atoms with Crippen LogP contribution in [0.15, 0.2) is 6.20 Å². The van der Waals surface area contributed by atoms with Crippen LogP contribution in [0.4, 0.5) is 4.79 Å². The van der Waals surface area contributed by atoms with Crippen LogP contribution in [0, 0.1) is 0 Å². The first kappa shape index (κ1) is 17.6. The number of aromatic nitrogens is 2. The number of ether oxygens (including phenoxy) is 1. The molecule has 2 aliphatic rings. The molecule has 3 rings (SSSR count). The van der Waals surface area contributed by atoms with Gasteiger partial charge in [0.25, 0.3) is 0 Å². The Morgan fingerprint density at radius 2 is 1.80 bits per heavy atom. The highest BCUT2D eigenvalue weighted by molar-refractivity contribution is 5.88. The second-order valence-electron chi connectivity index (χ2n) is 7.85. The number of carboxylic acids is 1. The topological polar surface area (TPSA) is 92.6 Å². The predicted octanol–water partition coefficient (Wildman–Crippen LogP) is 3.17. The Hall–Kier alpha value is -2.18.